The minimum atomic E-state index is -3.57. The topological polar surface area (TPSA) is 80.1 Å². The molecule has 1 saturated heterocycles. The molecule has 2 heterocycles. The maximum atomic E-state index is 12.7. The van der Waals surface area contributed by atoms with Crippen LogP contribution in [0.1, 0.15) is 24.4 Å². The minimum Gasteiger partial charge on any atom is -0.497 e. The second-order valence-corrected chi connectivity index (χ2v) is 7.29. The standard InChI is InChI=1S/C16H18N2O5S.C2H6/c1-22-13-4-6-14(7-5-13)24(20,21)18-10-8-17(9-11-18)16(19)15-3-2-12-23-15;1-2/h2-7,12H,8-11H2,1H3;1-2H3. The molecule has 2 aromatic rings. The molecule has 1 aromatic carbocycles. The Morgan fingerprint density at radius 1 is 1.04 bits per heavy atom. The number of rotatable bonds is 4. The summed E-state index contributed by atoms with van der Waals surface area (Å²) >= 11 is 0. The molecule has 142 valence electrons. The molecule has 1 aliphatic heterocycles. The van der Waals surface area contributed by atoms with Crippen molar-refractivity contribution in [3.05, 3.63) is 48.4 Å². The van der Waals surface area contributed by atoms with Crippen molar-refractivity contribution in [2.45, 2.75) is 18.7 Å². The van der Waals surface area contributed by atoms with Gasteiger partial charge in [-0.1, -0.05) is 13.8 Å². The second kappa shape index (κ2) is 8.86. The van der Waals surface area contributed by atoms with E-state index in [-0.39, 0.29) is 29.7 Å². The number of hydrogen-bond donors (Lipinski definition) is 0. The molecule has 1 aliphatic rings. The number of benzene rings is 1. The first-order valence-corrected chi connectivity index (χ1v) is 9.93. The number of amides is 1. The van der Waals surface area contributed by atoms with Gasteiger partial charge in [-0.05, 0) is 36.4 Å². The third-order valence-corrected chi connectivity index (χ3v) is 5.87. The number of methoxy groups -OCH3 is 1. The van der Waals surface area contributed by atoms with E-state index in [1.165, 1.54) is 29.8 Å². The van der Waals surface area contributed by atoms with Gasteiger partial charge in [0.15, 0.2) is 5.76 Å². The van der Waals surface area contributed by atoms with Crippen molar-refractivity contribution in [3.8, 4) is 5.75 Å². The first-order valence-electron chi connectivity index (χ1n) is 8.49. The fourth-order valence-corrected chi connectivity index (χ4v) is 4.01. The van der Waals surface area contributed by atoms with Gasteiger partial charge in [-0.25, -0.2) is 8.42 Å². The van der Waals surface area contributed by atoms with Crippen molar-refractivity contribution >= 4 is 15.9 Å². The summed E-state index contributed by atoms with van der Waals surface area (Å²) < 4.78 is 36.8. The zero-order chi connectivity index (χ0) is 19.2. The molecule has 1 amide bonds. The Hall–Kier alpha value is -2.32. The number of carbonyl (C=O) groups is 1. The Bertz CT molecular complexity index is 793. The van der Waals surface area contributed by atoms with Gasteiger partial charge in [0.1, 0.15) is 5.75 Å². The number of piperazine rings is 1. The van der Waals surface area contributed by atoms with Crippen molar-refractivity contribution in [1.29, 1.82) is 0 Å². The van der Waals surface area contributed by atoms with E-state index in [1.807, 2.05) is 13.8 Å². The van der Waals surface area contributed by atoms with Crippen LogP contribution in [-0.2, 0) is 10.0 Å². The van der Waals surface area contributed by atoms with Gasteiger partial charge < -0.3 is 14.1 Å². The summed E-state index contributed by atoms with van der Waals surface area (Å²) in [7, 11) is -2.05. The summed E-state index contributed by atoms with van der Waals surface area (Å²) in [6.45, 7) is 5.16. The van der Waals surface area contributed by atoms with E-state index < -0.39 is 10.0 Å². The molecule has 7 nitrogen and oxygen atoms in total. The van der Waals surface area contributed by atoms with Crippen LogP contribution in [0.25, 0.3) is 0 Å². The second-order valence-electron chi connectivity index (χ2n) is 5.35. The predicted molar refractivity (Wildman–Crippen MR) is 97.7 cm³/mol. The zero-order valence-electron chi connectivity index (χ0n) is 15.2. The molecular formula is C18H24N2O5S. The number of ether oxygens (including phenoxy) is 1. The smallest absolute Gasteiger partial charge is 0.289 e. The number of carbonyl (C=O) groups excluding carboxylic acids is 1. The molecule has 1 aromatic heterocycles. The van der Waals surface area contributed by atoms with E-state index in [9.17, 15) is 13.2 Å². The van der Waals surface area contributed by atoms with Crippen LogP contribution < -0.4 is 4.74 Å². The molecule has 1 fully saturated rings. The molecule has 0 unspecified atom stereocenters. The molecule has 0 N–H and O–H groups in total. The van der Waals surface area contributed by atoms with Gasteiger partial charge in [0.25, 0.3) is 5.91 Å². The zero-order valence-corrected chi connectivity index (χ0v) is 16.0. The van der Waals surface area contributed by atoms with Crippen molar-refractivity contribution in [2.24, 2.45) is 0 Å². The van der Waals surface area contributed by atoms with Gasteiger partial charge in [0.05, 0.1) is 18.3 Å². The first-order chi connectivity index (χ1) is 12.5. The summed E-state index contributed by atoms with van der Waals surface area (Å²) in [5.41, 5.74) is 0. The maximum absolute atomic E-state index is 12.7. The first kappa shape index (κ1) is 20.0. The molecule has 3 rings (SSSR count). The van der Waals surface area contributed by atoms with Crippen molar-refractivity contribution in [2.75, 3.05) is 33.3 Å². The molecule has 0 atom stereocenters. The lowest BCUT2D eigenvalue weighted by molar-refractivity contribution is 0.0666. The lowest BCUT2D eigenvalue weighted by atomic mass is 10.3. The maximum Gasteiger partial charge on any atom is 0.289 e. The fraction of sp³-hybridized carbons (Fsp3) is 0.389. The van der Waals surface area contributed by atoms with Gasteiger partial charge in [-0.15, -0.1) is 0 Å². The fourth-order valence-electron chi connectivity index (χ4n) is 2.58. The van der Waals surface area contributed by atoms with Crippen LogP contribution in [0.15, 0.2) is 52.0 Å². The Morgan fingerprint density at radius 2 is 1.65 bits per heavy atom. The quantitative estimate of drug-likeness (QED) is 0.814. The van der Waals surface area contributed by atoms with Gasteiger partial charge in [0.2, 0.25) is 10.0 Å². The lowest BCUT2D eigenvalue weighted by Crippen LogP contribution is -2.50. The van der Waals surface area contributed by atoms with Crippen LogP contribution in [0.4, 0.5) is 0 Å². The van der Waals surface area contributed by atoms with Gasteiger partial charge in [0, 0.05) is 26.2 Å². The number of hydrogen-bond acceptors (Lipinski definition) is 5. The van der Waals surface area contributed by atoms with Crippen LogP contribution >= 0.6 is 0 Å². The number of nitrogens with zero attached hydrogens (tertiary/aromatic N) is 2. The average molecular weight is 380 g/mol. The van der Waals surface area contributed by atoms with E-state index in [0.717, 1.165) is 0 Å². The SMILES string of the molecule is CC.COc1ccc(S(=O)(=O)N2CCN(C(=O)c3ccco3)CC2)cc1. The molecule has 0 spiro atoms. The molecule has 0 bridgehead atoms. The molecule has 26 heavy (non-hydrogen) atoms. The van der Waals surface area contributed by atoms with Crippen LogP contribution in [0, 0.1) is 0 Å². The van der Waals surface area contributed by atoms with Crippen molar-refractivity contribution < 1.29 is 22.4 Å². The number of sulfonamides is 1. The van der Waals surface area contributed by atoms with E-state index in [2.05, 4.69) is 0 Å². The largest absolute Gasteiger partial charge is 0.497 e. The highest BCUT2D eigenvalue weighted by Crippen LogP contribution is 2.21. The van der Waals surface area contributed by atoms with Crippen LogP contribution in [0.5, 0.6) is 5.75 Å². The van der Waals surface area contributed by atoms with Gasteiger partial charge >= 0.3 is 0 Å². The Balaban J connectivity index is 0.00000117. The minimum absolute atomic E-state index is 0.217. The van der Waals surface area contributed by atoms with E-state index in [4.69, 9.17) is 9.15 Å². The highest BCUT2D eigenvalue weighted by atomic mass is 32.2. The predicted octanol–water partition coefficient (Wildman–Crippen LogP) is 2.46. The molecule has 8 heteroatoms. The van der Waals surface area contributed by atoms with Crippen LogP contribution in [0.3, 0.4) is 0 Å². The summed E-state index contributed by atoms with van der Waals surface area (Å²) in [6.07, 6.45) is 1.44. The van der Waals surface area contributed by atoms with Crippen molar-refractivity contribution in [3.63, 3.8) is 0 Å². The summed E-state index contributed by atoms with van der Waals surface area (Å²) in [5.74, 6) is 0.644. The third-order valence-electron chi connectivity index (χ3n) is 3.96. The third kappa shape index (κ3) is 4.25. The normalized spacial score (nSPS) is 15.1. The highest BCUT2D eigenvalue weighted by molar-refractivity contribution is 7.89. The van der Waals surface area contributed by atoms with Crippen molar-refractivity contribution in [1.82, 2.24) is 9.21 Å². The Morgan fingerprint density at radius 3 is 2.15 bits per heavy atom. The lowest BCUT2D eigenvalue weighted by Gasteiger charge is -2.33. The molecule has 0 aliphatic carbocycles. The van der Waals surface area contributed by atoms with E-state index >= 15 is 0 Å². The van der Waals surface area contributed by atoms with E-state index in [1.54, 1.807) is 29.2 Å². The summed E-state index contributed by atoms with van der Waals surface area (Å²) in [4.78, 5) is 14.0. The highest BCUT2D eigenvalue weighted by Gasteiger charge is 2.31. The summed E-state index contributed by atoms with van der Waals surface area (Å²) in [6, 6.07) is 9.52. The molecule has 0 radical (unpaired) electrons. The number of furan rings is 1. The van der Waals surface area contributed by atoms with Crippen LogP contribution in [0.2, 0.25) is 0 Å². The van der Waals surface area contributed by atoms with Gasteiger partial charge in [-0.3, -0.25) is 4.79 Å². The van der Waals surface area contributed by atoms with E-state index in [0.29, 0.717) is 18.8 Å². The molecule has 0 saturated carbocycles. The average Bonchev–Trinajstić information content (AvgIpc) is 3.24. The monoisotopic (exact) mass is 380 g/mol. The van der Waals surface area contributed by atoms with Gasteiger partial charge in [-0.2, -0.15) is 4.31 Å². The summed E-state index contributed by atoms with van der Waals surface area (Å²) in [5, 5.41) is 0. The Labute approximate surface area is 154 Å². The molecular weight excluding hydrogens is 356 g/mol. The van der Waals surface area contributed by atoms with Crippen LogP contribution in [-0.4, -0.2) is 56.8 Å². The Kier molecular flexibility index (Phi) is 6.82.